The molecule has 0 unspecified atom stereocenters. The minimum absolute atomic E-state index is 0.0870. The molecule has 0 amide bonds. The van der Waals surface area contributed by atoms with Crippen molar-refractivity contribution >= 4 is 11.0 Å². The van der Waals surface area contributed by atoms with Crippen LogP contribution in [0.25, 0.3) is 106 Å². The molecule has 0 aliphatic carbocycles. The molecule has 2 aromatic heterocycles. The Morgan fingerprint density at radius 1 is 0.443 bits per heavy atom. The topological polar surface area (TPSA) is 50.9 Å². The van der Waals surface area contributed by atoms with E-state index in [0.29, 0.717) is 33.7 Å². The Morgan fingerprint density at radius 3 is 1.67 bits per heavy atom. The molecule has 0 spiro atoms. The van der Waals surface area contributed by atoms with Crippen LogP contribution >= 0.6 is 0 Å². The molecule has 11 rings (SSSR count). The van der Waals surface area contributed by atoms with E-state index in [0.717, 1.165) is 78.0 Å². The second-order valence-electron chi connectivity index (χ2n) is 19.1. The van der Waals surface area contributed by atoms with Gasteiger partial charge in [-0.25, -0.2) is 4.98 Å². The monoisotopic (exact) mass is 906 g/mol. The van der Waals surface area contributed by atoms with Crippen LogP contribution < -0.4 is 0 Å². The van der Waals surface area contributed by atoms with Gasteiger partial charge in [-0.3, -0.25) is 9.55 Å². The van der Waals surface area contributed by atoms with Gasteiger partial charge in [-0.2, -0.15) is 0 Å². The standard InChI is InChI=1S/C66H53N3O/c1-43-36-51(57-25-16-15-24-56(57)49-22-13-8-14-23-49)32-33-61(43)69-62-27-17-26-58(63(62)68-65(69)59-42-55(66(3,4)5)37-44(2)64(59)70)53-38-52(46-20-11-7-12-21-46)39-54(40-53)60-41-50(34-35-67-60)48-30-28-47(29-31-48)45-18-9-6-10-19-45/h6-42,70H,1-5H3/i1D3. The lowest BCUT2D eigenvalue weighted by molar-refractivity contribution is 0.471. The molecule has 0 atom stereocenters. The van der Waals surface area contributed by atoms with Gasteiger partial charge in [0.05, 0.1) is 28.0 Å². The van der Waals surface area contributed by atoms with E-state index >= 15 is 0 Å². The Labute approximate surface area is 415 Å². The Morgan fingerprint density at radius 2 is 1.00 bits per heavy atom. The minimum atomic E-state index is -2.53. The summed E-state index contributed by atoms with van der Waals surface area (Å²) in [6, 6.07) is 74.1. The van der Waals surface area contributed by atoms with Crippen molar-refractivity contribution in [3.05, 3.63) is 241 Å². The molecule has 1 N–H and O–H groups in total. The largest absolute Gasteiger partial charge is 0.507 e. The van der Waals surface area contributed by atoms with Crippen molar-refractivity contribution in [1.29, 1.82) is 0 Å². The van der Waals surface area contributed by atoms with Crippen LogP contribution in [0.4, 0.5) is 0 Å². The zero-order chi connectivity index (χ0) is 50.4. The molecule has 2 heterocycles. The van der Waals surface area contributed by atoms with Crippen molar-refractivity contribution in [1.82, 2.24) is 14.5 Å². The van der Waals surface area contributed by atoms with Crippen molar-refractivity contribution in [2.75, 3.05) is 0 Å². The third-order valence-electron chi connectivity index (χ3n) is 13.4. The Balaban J connectivity index is 1.13. The third kappa shape index (κ3) is 8.39. The van der Waals surface area contributed by atoms with E-state index < -0.39 is 6.85 Å². The minimum Gasteiger partial charge on any atom is -0.507 e. The number of benzene rings is 9. The van der Waals surface area contributed by atoms with Gasteiger partial charge >= 0.3 is 0 Å². The van der Waals surface area contributed by atoms with Crippen molar-refractivity contribution < 1.29 is 9.22 Å². The zero-order valence-corrected chi connectivity index (χ0v) is 39.7. The molecular weight excluding hydrogens is 851 g/mol. The van der Waals surface area contributed by atoms with E-state index in [1.54, 1.807) is 6.07 Å². The molecule has 4 heteroatoms. The van der Waals surface area contributed by atoms with Gasteiger partial charge < -0.3 is 5.11 Å². The fourth-order valence-corrected chi connectivity index (χ4v) is 9.62. The third-order valence-corrected chi connectivity index (χ3v) is 13.4. The van der Waals surface area contributed by atoms with Gasteiger partial charge in [-0.05, 0) is 152 Å². The van der Waals surface area contributed by atoms with Crippen molar-refractivity contribution in [3.63, 3.8) is 0 Å². The number of pyridine rings is 1. The quantitative estimate of drug-likeness (QED) is 0.157. The van der Waals surface area contributed by atoms with Crippen LogP contribution in [0.2, 0.25) is 0 Å². The number of fused-ring (bicyclic) bond motifs is 1. The lowest BCUT2D eigenvalue weighted by atomic mass is 9.84. The van der Waals surface area contributed by atoms with Crippen LogP contribution in [-0.4, -0.2) is 19.6 Å². The summed E-state index contributed by atoms with van der Waals surface area (Å²) in [4.78, 5) is 10.5. The molecule has 338 valence electrons. The van der Waals surface area contributed by atoms with Crippen LogP contribution in [0, 0.1) is 13.8 Å². The van der Waals surface area contributed by atoms with Crippen LogP contribution in [0.3, 0.4) is 0 Å². The number of hydrogen-bond acceptors (Lipinski definition) is 3. The lowest BCUT2D eigenvalue weighted by Crippen LogP contribution is -2.12. The molecule has 0 saturated carbocycles. The molecule has 11 aromatic rings. The number of phenols is 1. The number of para-hydroxylation sites is 1. The summed E-state index contributed by atoms with van der Waals surface area (Å²) in [5.41, 5.74) is 17.7. The normalized spacial score (nSPS) is 12.4. The first kappa shape index (κ1) is 40.5. The fourth-order valence-electron chi connectivity index (χ4n) is 9.62. The molecular formula is C66H53N3O. The Hall–Kier alpha value is -8.60. The highest BCUT2D eigenvalue weighted by molar-refractivity contribution is 5.98. The first-order valence-corrected chi connectivity index (χ1v) is 23.8. The van der Waals surface area contributed by atoms with Crippen LogP contribution in [0.15, 0.2) is 225 Å². The van der Waals surface area contributed by atoms with E-state index in [2.05, 4.69) is 130 Å². The molecule has 70 heavy (non-hydrogen) atoms. The highest BCUT2D eigenvalue weighted by atomic mass is 16.3. The number of phenolic OH excluding ortho intramolecular Hbond substituents is 1. The summed E-state index contributed by atoms with van der Waals surface area (Å²) in [6.07, 6.45) is 1.87. The molecule has 0 fully saturated rings. The van der Waals surface area contributed by atoms with E-state index in [4.69, 9.17) is 14.1 Å². The number of imidazole rings is 1. The van der Waals surface area contributed by atoms with Crippen LogP contribution in [0.5, 0.6) is 5.75 Å². The first-order chi connectivity index (χ1) is 35.3. The molecule has 0 aliphatic rings. The number of rotatable bonds is 9. The molecule has 0 saturated heterocycles. The molecule has 0 aliphatic heterocycles. The summed E-state index contributed by atoms with van der Waals surface area (Å²) < 4.78 is 29.3. The summed E-state index contributed by atoms with van der Waals surface area (Å²) in [7, 11) is 0. The second kappa shape index (κ2) is 18.1. The molecule has 4 nitrogen and oxygen atoms in total. The van der Waals surface area contributed by atoms with Gasteiger partial charge in [0.25, 0.3) is 0 Å². The van der Waals surface area contributed by atoms with E-state index in [1.807, 2.05) is 121 Å². The van der Waals surface area contributed by atoms with E-state index in [9.17, 15) is 5.11 Å². The maximum atomic E-state index is 12.1. The fraction of sp³-hybridized carbons (Fsp3) is 0.0909. The maximum absolute atomic E-state index is 12.1. The van der Waals surface area contributed by atoms with Crippen molar-refractivity contribution in [2.45, 2.75) is 40.0 Å². The molecule has 0 radical (unpaired) electrons. The summed E-state index contributed by atoms with van der Waals surface area (Å²) in [5, 5.41) is 12.1. The number of aromatic nitrogens is 3. The number of nitrogens with zero attached hydrogens (tertiary/aromatic N) is 3. The Kier molecular flexibility index (Phi) is 10.5. The van der Waals surface area contributed by atoms with Crippen LogP contribution in [-0.2, 0) is 5.41 Å². The van der Waals surface area contributed by atoms with Gasteiger partial charge in [0.2, 0.25) is 0 Å². The lowest BCUT2D eigenvalue weighted by Gasteiger charge is -2.22. The van der Waals surface area contributed by atoms with Crippen molar-refractivity contribution in [2.24, 2.45) is 0 Å². The second-order valence-corrected chi connectivity index (χ2v) is 19.1. The average Bonchev–Trinajstić information content (AvgIpc) is 3.81. The predicted molar refractivity (Wildman–Crippen MR) is 292 cm³/mol. The van der Waals surface area contributed by atoms with Crippen molar-refractivity contribution in [3.8, 4) is 101 Å². The maximum Gasteiger partial charge on any atom is 0.149 e. The number of aryl methyl sites for hydroxylation is 2. The number of hydrogen-bond donors (Lipinski definition) is 1. The Bertz CT molecular complexity index is 3820. The highest BCUT2D eigenvalue weighted by Crippen LogP contribution is 2.43. The summed E-state index contributed by atoms with van der Waals surface area (Å²) in [6.45, 7) is 5.80. The average molecular weight is 907 g/mol. The molecule has 0 bridgehead atoms. The predicted octanol–water partition coefficient (Wildman–Crippen LogP) is 17.4. The van der Waals surface area contributed by atoms with Gasteiger partial charge in [-0.15, -0.1) is 0 Å². The zero-order valence-electron chi connectivity index (χ0n) is 42.7. The van der Waals surface area contributed by atoms with Gasteiger partial charge in [0.1, 0.15) is 11.6 Å². The van der Waals surface area contributed by atoms with Crippen LogP contribution in [0.1, 0.15) is 41.6 Å². The molecule has 9 aromatic carbocycles. The van der Waals surface area contributed by atoms with E-state index in [1.165, 1.54) is 5.56 Å². The van der Waals surface area contributed by atoms with Gasteiger partial charge in [0, 0.05) is 21.4 Å². The van der Waals surface area contributed by atoms with E-state index in [-0.39, 0.29) is 16.7 Å². The summed E-state index contributed by atoms with van der Waals surface area (Å²) >= 11 is 0. The highest BCUT2D eigenvalue weighted by Gasteiger charge is 2.25. The number of aromatic hydroxyl groups is 1. The van der Waals surface area contributed by atoms with Gasteiger partial charge in [0.15, 0.2) is 0 Å². The summed E-state index contributed by atoms with van der Waals surface area (Å²) in [5.74, 6) is 0.521. The SMILES string of the molecule is [2H]C([2H])([2H])c1cc(-c2ccccc2-c2ccccc2)ccc1-n1c(-c2cc(C(C)(C)C)cc(C)c2O)nc2c(-c3cc(-c4ccccc4)cc(-c4cc(-c5ccc(-c6ccccc6)cc5)ccn4)c3)cccc21. The van der Waals surface area contributed by atoms with Gasteiger partial charge in [-0.1, -0.05) is 185 Å². The smallest absolute Gasteiger partial charge is 0.149 e. The first-order valence-electron chi connectivity index (χ1n) is 25.3.